The average Bonchev–Trinajstić information content (AvgIpc) is 1.98. The van der Waals surface area contributed by atoms with Gasteiger partial charge in [0.05, 0.1) is 5.60 Å². The molecule has 0 rings (SSSR count). The Morgan fingerprint density at radius 2 is 1.77 bits per heavy atom. The molecule has 0 aromatic heterocycles. The maximum Gasteiger partial charge on any atom is 0.0743 e. The lowest BCUT2D eigenvalue weighted by Gasteiger charge is -2.25. The SMILES string of the molecule is CC(C)CCC(C)(O)CNC(C)C. The van der Waals surface area contributed by atoms with Crippen molar-refractivity contribution in [1.29, 1.82) is 0 Å². The predicted octanol–water partition coefficient (Wildman–Crippen LogP) is 2.17. The predicted molar refractivity (Wildman–Crippen MR) is 57.8 cm³/mol. The molecule has 0 aromatic rings. The van der Waals surface area contributed by atoms with Gasteiger partial charge < -0.3 is 10.4 Å². The zero-order chi connectivity index (χ0) is 10.5. The first-order valence-electron chi connectivity index (χ1n) is 5.29. The molecule has 0 saturated heterocycles. The summed E-state index contributed by atoms with van der Waals surface area (Å²) in [4.78, 5) is 0. The highest BCUT2D eigenvalue weighted by Gasteiger charge is 2.20. The van der Waals surface area contributed by atoms with Gasteiger partial charge in [0.1, 0.15) is 0 Å². The van der Waals surface area contributed by atoms with Crippen LogP contribution in [0.2, 0.25) is 0 Å². The molecular weight excluding hydrogens is 162 g/mol. The molecule has 0 heterocycles. The molecule has 0 fully saturated rings. The normalized spacial score (nSPS) is 16.6. The second-order valence-corrected chi connectivity index (χ2v) is 4.97. The molecule has 0 aromatic carbocycles. The van der Waals surface area contributed by atoms with E-state index in [-0.39, 0.29) is 0 Å². The third-order valence-electron chi connectivity index (χ3n) is 2.15. The van der Waals surface area contributed by atoms with Gasteiger partial charge in [0, 0.05) is 12.6 Å². The van der Waals surface area contributed by atoms with E-state index in [0.717, 1.165) is 12.8 Å². The van der Waals surface area contributed by atoms with Crippen LogP contribution < -0.4 is 5.32 Å². The summed E-state index contributed by atoms with van der Waals surface area (Å²) in [6.07, 6.45) is 1.97. The molecule has 2 N–H and O–H groups in total. The first-order chi connectivity index (χ1) is 5.83. The molecule has 2 heteroatoms. The van der Waals surface area contributed by atoms with Crippen LogP contribution in [0.4, 0.5) is 0 Å². The van der Waals surface area contributed by atoms with Gasteiger partial charge in [-0.15, -0.1) is 0 Å². The number of rotatable bonds is 6. The van der Waals surface area contributed by atoms with Crippen molar-refractivity contribution in [2.75, 3.05) is 6.54 Å². The summed E-state index contributed by atoms with van der Waals surface area (Å²) < 4.78 is 0. The van der Waals surface area contributed by atoms with Gasteiger partial charge in [0.15, 0.2) is 0 Å². The number of aliphatic hydroxyl groups is 1. The van der Waals surface area contributed by atoms with Gasteiger partial charge in [-0.3, -0.25) is 0 Å². The third kappa shape index (κ3) is 8.26. The molecule has 0 saturated carbocycles. The Kier molecular flexibility index (Phi) is 5.57. The smallest absolute Gasteiger partial charge is 0.0743 e. The molecule has 0 aliphatic heterocycles. The first kappa shape index (κ1) is 12.9. The second-order valence-electron chi connectivity index (χ2n) is 4.97. The number of hydrogen-bond donors (Lipinski definition) is 2. The minimum atomic E-state index is -0.547. The van der Waals surface area contributed by atoms with E-state index in [1.165, 1.54) is 0 Å². The summed E-state index contributed by atoms with van der Waals surface area (Å²) >= 11 is 0. The molecular formula is C11H25NO. The number of hydrogen-bond acceptors (Lipinski definition) is 2. The van der Waals surface area contributed by atoms with E-state index >= 15 is 0 Å². The molecule has 0 spiro atoms. The molecule has 0 radical (unpaired) electrons. The van der Waals surface area contributed by atoms with Crippen molar-refractivity contribution >= 4 is 0 Å². The van der Waals surface area contributed by atoms with Crippen molar-refractivity contribution < 1.29 is 5.11 Å². The summed E-state index contributed by atoms with van der Waals surface area (Å²) in [5.74, 6) is 0.672. The highest BCUT2D eigenvalue weighted by Crippen LogP contribution is 2.15. The monoisotopic (exact) mass is 187 g/mol. The summed E-state index contributed by atoms with van der Waals surface area (Å²) in [5.41, 5.74) is -0.547. The molecule has 1 unspecified atom stereocenters. The van der Waals surface area contributed by atoms with Gasteiger partial charge in [-0.1, -0.05) is 27.7 Å². The topological polar surface area (TPSA) is 32.3 Å². The molecule has 0 amide bonds. The van der Waals surface area contributed by atoms with Crippen molar-refractivity contribution in [3.05, 3.63) is 0 Å². The van der Waals surface area contributed by atoms with Gasteiger partial charge in [-0.05, 0) is 25.7 Å². The molecule has 1 atom stereocenters. The van der Waals surface area contributed by atoms with Crippen LogP contribution in [0.25, 0.3) is 0 Å². The molecule has 80 valence electrons. The zero-order valence-corrected chi connectivity index (χ0v) is 9.72. The van der Waals surface area contributed by atoms with Crippen LogP contribution in [0, 0.1) is 5.92 Å². The van der Waals surface area contributed by atoms with Gasteiger partial charge in [-0.2, -0.15) is 0 Å². The Labute approximate surface area is 82.7 Å². The van der Waals surface area contributed by atoms with E-state index in [9.17, 15) is 5.11 Å². The Hall–Kier alpha value is -0.0800. The Bertz CT molecular complexity index is 116. The van der Waals surface area contributed by atoms with Crippen LogP contribution in [-0.2, 0) is 0 Å². The summed E-state index contributed by atoms with van der Waals surface area (Å²) in [6, 6.07) is 0.450. The quantitative estimate of drug-likeness (QED) is 0.668. The van der Waals surface area contributed by atoms with Crippen LogP contribution in [0.5, 0.6) is 0 Å². The highest BCUT2D eigenvalue weighted by atomic mass is 16.3. The summed E-state index contributed by atoms with van der Waals surface area (Å²) in [6.45, 7) is 11.2. The average molecular weight is 187 g/mol. The summed E-state index contributed by atoms with van der Waals surface area (Å²) in [7, 11) is 0. The lowest BCUT2D eigenvalue weighted by atomic mass is 9.95. The van der Waals surface area contributed by atoms with Gasteiger partial charge in [0.2, 0.25) is 0 Å². The van der Waals surface area contributed by atoms with E-state index in [1.807, 2.05) is 6.92 Å². The zero-order valence-electron chi connectivity index (χ0n) is 9.72. The fourth-order valence-corrected chi connectivity index (χ4v) is 1.11. The molecule has 0 aliphatic carbocycles. The fourth-order valence-electron chi connectivity index (χ4n) is 1.11. The maximum atomic E-state index is 9.95. The van der Waals surface area contributed by atoms with Crippen molar-refractivity contribution in [3.63, 3.8) is 0 Å². The van der Waals surface area contributed by atoms with Crippen molar-refractivity contribution in [2.24, 2.45) is 5.92 Å². The Morgan fingerprint density at radius 1 is 1.23 bits per heavy atom. The Balaban J connectivity index is 3.66. The standard InChI is InChI=1S/C11H25NO/c1-9(2)6-7-11(5,13)8-12-10(3)4/h9-10,12-13H,6-8H2,1-5H3. The minimum absolute atomic E-state index is 0.450. The van der Waals surface area contributed by atoms with Crippen LogP contribution in [-0.4, -0.2) is 23.3 Å². The molecule has 2 nitrogen and oxygen atoms in total. The van der Waals surface area contributed by atoms with Crippen LogP contribution in [0.15, 0.2) is 0 Å². The molecule has 0 bridgehead atoms. The lowest BCUT2D eigenvalue weighted by molar-refractivity contribution is 0.0436. The first-order valence-corrected chi connectivity index (χ1v) is 5.29. The van der Waals surface area contributed by atoms with Gasteiger partial charge in [-0.25, -0.2) is 0 Å². The number of nitrogens with one attached hydrogen (secondary N) is 1. The van der Waals surface area contributed by atoms with E-state index in [1.54, 1.807) is 0 Å². The van der Waals surface area contributed by atoms with Crippen molar-refractivity contribution in [1.82, 2.24) is 5.32 Å². The van der Waals surface area contributed by atoms with E-state index in [2.05, 4.69) is 33.0 Å². The fraction of sp³-hybridized carbons (Fsp3) is 1.00. The van der Waals surface area contributed by atoms with E-state index in [4.69, 9.17) is 0 Å². The van der Waals surface area contributed by atoms with Gasteiger partial charge in [0.25, 0.3) is 0 Å². The summed E-state index contributed by atoms with van der Waals surface area (Å²) in [5, 5.41) is 13.2. The second kappa shape index (κ2) is 5.61. The van der Waals surface area contributed by atoms with E-state index in [0.29, 0.717) is 18.5 Å². The third-order valence-corrected chi connectivity index (χ3v) is 2.15. The largest absolute Gasteiger partial charge is 0.389 e. The molecule has 13 heavy (non-hydrogen) atoms. The lowest BCUT2D eigenvalue weighted by Crippen LogP contribution is -2.40. The maximum absolute atomic E-state index is 9.95. The highest BCUT2D eigenvalue weighted by molar-refractivity contribution is 4.76. The minimum Gasteiger partial charge on any atom is -0.389 e. The van der Waals surface area contributed by atoms with Crippen LogP contribution in [0.3, 0.4) is 0 Å². The Morgan fingerprint density at radius 3 is 2.15 bits per heavy atom. The molecule has 0 aliphatic rings. The van der Waals surface area contributed by atoms with Crippen molar-refractivity contribution in [2.45, 2.75) is 59.1 Å². The van der Waals surface area contributed by atoms with Crippen LogP contribution in [0.1, 0.15) is 47.5 Å². The van der Waals surface area contributed by atoms with Gasteiger partial charge >= 0.3 is 0 Å². The van der Waals surface area contributed by atoms with Crippen molar-refractivity contribution in [3.8, 4) is 0 Å². The van der Waals surface area contributed by atoms with Crippen LogP contribution >= 0.6 is 0 Å². The van der Waals surface area contributed by atoms with E-state index < -0.39 is 5.60 Å².